The third kappa shape index (κ3) is 5.95. The monoisotopic (exact) mass is 424 g/mol. The summed E-state index contributed by atoms with van der Waals surface area (Å²) in [6, 6.07) is 13.4. The van der Waals surface area contributed by atoms with Gasteiger partial charge in [-0.2, -0.15) is 0 Å². The second-order valence-corrected chi connectivity index (χ2v) is 9.00. The van der Waals surface area contributed by atoms with Gasteiger partial charge in [0.2, 0.25) is 5.91 Å². The molecule has 0 aliphatic heterocycles. The zero-order chi connectivity index (χ0) is 19.4. The minimum absolute atomic E-state index is 0. The van der Waals surface area contributed by atoms with E-state index in [9.17, 15) is 13.2 Å². The molecular weight excluding hydrogens is 400 g/mol. The van der Waals surface area contributed by atoms with Gasteiger partial charge >= 0.3 is 0 Å². The number of nitrogens with one attached hydrogen (secondary N) is 1. The van der Waals surface area contributed by atoms with Crippen LogP contribution in [0.15, 0.2) is 53.4 Å². The van der Waals surface area contributed by atoms with Crippen LogP contribution in [-0.4, -0.2) is 26.6 Å². The predicted octanol–water partition coefficient (Wildman–Crippen LogP) is 3.76. The number of hydrogen-bond acceptors (Lipinski definition) is 5. The maximum Gasteiger partial charge on any atom is 0.227 e. The summed E-state index contributed by atoms with van der Waals surface area (Å²) in [7, 11) is -3.29. The summed E-state index contributed by atoms with van der Waals surface area (Å²) < 4.78 is 29.0. The number of nitrogens with two attached hydrogens (primary N) is 1. The van der Waals surface area contributed by atoms with Gasteiger partial charge in [0.1, 0.15) is 11.5 Å². The number of sulfone groups is 1. The van der Waals surface area contributed by atoms with Crippen LogP contribution in [0, 0.1) is 5.92 Å². The number of amides is 1. The summed E-state index contributed by atoms with van der Waals surface area (Å²) in [5.41, 5.74) is 6.64. The Hall–Kier alpha value is -2.09. The van der Waals surface area contributed by atoms with Gasteiger partial charge in [-0.3, -0.25) is 4.79 Å². The zero-order valence-electron chi connectivity index (χ0n) is 15.6. The lowest BCUT2D eigenvalue weighted by molar-refractivity contribution is -0.120. The Labute approximate surface area is 171 Å². The molecule has 1 amide bonds. The van der Waals surface area contributed by atoms with Crippen LogP contribution in [0.5, 0.6) is 11.5 Å². The smallest absolute Gasteiger partial charge is 0.227 e. The molecule has 2 atom stereocenters. The SMILES string of the molecule is CS(=O)(=O)c1cccc(Oc2ccc(NC(=O)C3CCCC(N)C3)cc2)c1.Cl. The van der Waals surface area contributed by atoms with E-state index in [1.165, 1.54) is 12.1 Å². The third-order valence-corrected chi connectivity index (χ3v) is 5.79. The lowest BCUT2D eigenvalue weighted by Gasteiger charge is -2.25. The van der Waals surface area contributed by atoms with Gasteiger partial charge in [-0.15, -0.1) is 12.4 Å². The molecule has 3 rings (SSSR count). The van der Waals surface area contributed by atoms with E-state index in [2.05, 4.69) is 5.32 Å². The van der Waals surface area contributed by atoms with E-state index in [4.69, 9.17) is 10.5 Å². The van der Waals surface area contributed by atoms with Crippen molar-refractivity contribution in [2.75, 3.05) is 11.6 Å². The number of hydrogen-bond donors (Lipinski definition) is 2. The van der Waals surface area contributed by atoms with E-state index < -0.39 is 9.84 Å². The maximum atomic E-state index is 12.4. The van der Waals surface area contributed by atoms with Crippen molar-refractivity contribution in [2.24, 2.45) is 11.7 Å². The fourth-order valence-corrected chi connectivity index (χ4v) is 3.88. The molecule has 1 aliphatic carbocycles. The average molecular weight is 425 g/mol. The van der Waals surface area contributed by atoms with E-state index in [1.54, 1.807) is 36.4 Å². The van der Waals surface area contributed by atoms with Crippen molar-refractivity contribution in [3.05, 3.63) is 48.5 Å². The quantitative estimate of drug-likeness (QED) is 0.761. The normalized spacial score (nSPS) is 19.4. The van der Waals surface area contributed by atoms with Crippen LogP contribution in [0.4, 0.5) is 5.69 Å². The molecule has 6 nitrogen and oxygen atoms in total. The van der Waals surface area contributed by atoms with Crippen molar-refractivity contribution in [2.45, 2.75) is 36.6 Å². The van der Waals surface area contributed by atoms with E-state index in [1.807, 2.05) is 0 Å². The predicted molar refractivity (Wildman–Crippen MR) is 112 cm³/mol. The topological polar surface area (TPSA) is 98.5 Å². The van der Waals surface area contributed by atoms with Crippen molar-refractivity contribution in [3.8, 4) is 11.5 Å². The highest BCUT2D eigenvalue weighted by molar-refractivity contribution is 7.90. The first-order valence-corrected chi connectivity index (χ1v) is 10.8. The molecule has 1 aliphatic rings. The summed E-state index contributed by atoms with van der Waals surface area (Å²) in [4.78, 5) is 12.6. The van der Waals surface area contributed by atoms with Crippen LogP contribution in [0.1, 0.15) is 25.7 Å². The molecule has 0 heterocycles. The van der Waals surface area contributed by atoms with Crippen LogP contribution in [-0.2, 0) is 14.6 Å². The van der Waals surface area contributed by atoms with Crippen LogP contribution in [0.2, 0.25) is 0 Å². The number of carbonyl (C=O) groups excluding carboxylic acids is 1. The number of rotatable bonds is 5. The largest absolute Gasteiger partial charge is 0.457 e. The van der Waals surface area contributed by atoms with Crippen molar-refractivity contribution < 1.29 is 17.9 Å². The summed E-state index contributed by atoms with van der Waals surface area (Å²) in [5.74, 6) is 0.951. The summed E-state index contributed by atoms with van der Waals surface area (Å²) in [5, 5.41) is 2.92. The first-order chi connectivity index (χ1) is 12.8. The highest BCUT2D eigenvalue weighted by Crippen LogP contribution is 2.27. The number of halogens is 1. The molecule has 2 unspecified atom stereocenters. The molecule has 0 bridgehead atoms. The Morgan fingerprint density at radius 3 is 2.46 bits per heavy atom. The first-order valence-electron chi connectivity index (χ1n) is 8.96. The zero-order valence-corrected chi connectivity index (χ0v) is 17.3. The van der Waals surface area contributed by atoms with Gasteiger partial charge in [-0.05, 0) is 61.7 Å². The second-order valence-electron chi connectivity index (χ2n) is 6.99. The Balaban J connectivity index is 0.00000280. The average Bonchev–Trinajstić information content (AvgIpc) is 2.63. The molecular formula is C20H25ClN2O4S. The van der Waals surface area contributed by atoms with Crippen LogP contribution in [0.25, 0.3) is 0 Å². The molecule has 28 heavy (non-hydrogen) atoms. The minimum atomic E-state index is -3.29. The van der Waals surface area contributed by atoms with Crippen molar-refractivity contribution in [3.63, 3.8) is 0 Å². The number of carbonyl (C=O) groups is 1. The fourth-order valence-electron chi connectivity index (χ4n) is 3.22. The van der Waals surface area contributed by atoms with E-state index >= 15 is 0 Å². The van der Waals surface area contributed by atoms with Gasteiger partial charge in [0.25, 0.3) is 0 Å². The minimum Gasteiger partial charge on any atom is -0.457 e. The highest BCUT2D eigenvalue weighted by atomic mass is 35.5. The van der Waals surface area contributed by atoms with E-state index in [-0.39, 0.29) is 35.2 Å². The number of ether oxygens (including phenoxy) is 1. The molecule has 1 saturated carbocycles. The summed E-state index contributed by atoms with van der Waals surface area (Å²) in [6.45, 7) is 0. The van der Waals surface area contributed by atoms with Gasteiger partial charge in [-0.25, -0.2) is 8.42 Å². The van der Waals surface area contributed by atoms with E-state index in [0.717, 1.165) is 31.9 Å². The third-order valence-electron chi connectivity index (χ3n) is 4.68. The Bertz CT molecular complexity index is 916. The highest BCUT2D eigenvalue weighted by Gasteiger charge is 2.25. The molecule has 2 aromatic rings. The Morgan fingerprint density at radius 1 is 1.11 bits per heavy atom. The van der Waals surface area contributed by atoms with Gasteiger partial charge in [0, 0.05) is 23.9 Å². The lowest BCUT2D eigenvalue weighted by atomic mass is 9.85. The molecule has 0 spiro atoms. The Kier molecular flexibility index (Phi) is 7.46. The number of anilines is 1. The van der Waals surface area contributed by atoms with Gasteiger partial charge in [0.05, 0.1) is 4.90 Å². The fraction of sp³-hybridized carbons (Fsp3) is 0.350. The molecule has 8 heteroatoms. The molecule has 1 fully saturated rings. The van der Waals surface area contributed by atoms with Gasteiger partial charge < -0.3 is 15.8 Å². The standard InChI is InChI=1S/C20H24N2O4S.ClH/c1-27(24,25)19-7-3-6-18(13-19)26-17-10-8-16(9-11-17)22-20(23)14-4-2-5-15(21)12-14;/h3,6-11,13-15H,2,4-5,12,21H2,1H3,(H,22,23);1H. The molecule has 2 aromatic carbocycles. The second kappa shape index (κ2) is 9.41. The van der Waals surface area contributed by atoms with Crippen molar-refractivity contribution in [1.82, 2.24) is 0 Å². The van der Waals surface area contributed by atoms with Gasteiger partial charge in [-0.1, -0.05) is 12.5 Å². The summed E-state index contributed by atoms with van der Waals surface area (Å²) in [6.07, 6.45) is 4.72. The lowest BCUT2D eigenvalue weighted by Crippen LogP contribution is -2.34. The van der Waals surface area contributed by atoms with Crippen LogP contribution >= 0.6 is 12.4 Å². The molecule has 0 radical (unpaired) electrons. The molecule has 0 saturated heterocycles. The maximum absolute atomic E-state index is 12.4. The van der Waals surface area contributed by atoms with E-state index in [0.29, 0.717) is 17.2 Å². The molecule has 3 N–H and O–H groups in total. The van der Waals surface area contributed by atoms with Crippen LogP contribution < -0.4 is 15.8 Å². The van der Waals surface area contributed by atoms with Crippen molar-refractivity contribution in [1.29, 1.82) is 0 Å². The van der Waals surface area contributed by atoms with Crippen LogP contribution in [0.3, 0.4) is 0 Å². The molecule has 0 aromatic heterocycles. The van der Waals surface area contributed by atoms with Crippen molar-refractivity contribution >= 4 is 33.8 Å². The number of benzene rings is 2. The Morgan fingerprint density at radius 2 is 1.82 bits per heavy atom. The molecule has 152 valence electrons. The summed E-state index contributed by atoms with van der Waals surface area (Å²) >= 11 is 0. The first kappa shape index (κ1) is 22.2. The van der Waals surface area contributed by atoms with Gasteiger partial charge in [0.15, 0.2) is 9.84 Å².